The van der Waals surface area contributed by atoms with Crippen molar-refractivity contribution in [2.24, 2.45) is 0 Å². The van der Waals surface area contributed by atoms with Crippen LogP contribution in [-0.2, 0) is 0 Å². The monoisotopic (exact) mass is 524 g/mol. The first kappa shape index (κ1) is 21.8. The second kappa shape index (κ2) is 7.27. The van der Waals surface area contributed by atoms with Crippen molar-refractivity contribution in [1.82, 2.24) is 8.96 Å². The van der Waals surface area contributed by atoms with Gasteiger partial charge in [-0.25, -0.2) is 0 Å². The minimum absolute atomic E-state index is 0.103. The van der Waals surface area contributed by atoms with E-state index in [4.69, 9.17) is 0 Å². The highest BCUT2D eigenvalue weighted by atomic mass is 32.1. The molecule has 0 atom stereocenters. The Kier molecular flexibility index (Phi) is 4.39. The van der Waals surface area contributed by atoms with Crippen LogP contribution in [0.25, 0.3) is 42.7 Å². The summed E-state index contributed by atoms with van der Waals surface area (Å²) in [5.74, 6) is 0. The van der Waals surface area contributed by atoms with Crippen LogP contribution in [0.3, 0.4) is 0 Å². The quantitative estimate of drug-likeness (QED) is 0.182. The molecule has 0 saturated carbocycles. The van der Waals surface area contributed by atoms with Crippen molar-refractivity contribution in [2.45, 2.75) is 6.18 Å². The lowest BCUT2D eigenvalue weighted by Crippen LogP contribution is -2.57. The number of nitrogens with zero attached hydrogens (tertiary/aromatic N) is 2. The molecule has 2 aliphatic rings. The summed E-state index contributed by atoms with van der Waals surface area (Å²) >= 11 is 2.42. The third-order valence-electron chi connectivity index (χ3n) is 6.59. The van der Waals surface area contributed by atoms with E-state index in [-0.39, 0.29) is 10.9 Å². The molecule has 0 spiro atoms. The van der Waals surface area contributed by atoms with Crippen molar-refractivity contribution in [2.75, 3.05) is 0 Å². The number of hydrogen-bond donors (Lipinski definition) is 0. The molecule has 0 amide bonds. The van der Waals surface area contributed by atoms with Crippen molar-refractivity contribution in [3.05, 3.63) is 100 Å². The van der Waals surface area contributed by atoms with Gasteiger partial charge in [0.05, 0.1) is 4.70 Å². The Morgan fingerprint density at radius 2 is 1.39 bits per heavy atom. The fraction of sp³-hybridized carbons (Fsp3) is 0.0385. The number of hydrogen-bond acceptors (Lipinski definition) is 2. The number of fused-ring (bicyclic) bond motifs is 5. The Labute approximate surface area is 209 Å². The second-order valence-corrected chi connectivity index (χ2v) is 10.9. The SMILES string of the molecule is F[B-]1(F)n2c(cc3sc(-c4ccccc4)cc32)C(C(F)(F)F)=C2C=c3sc(-c4ccccc4)cc3=[N+]21. The van der Waals surface area contributed by atoms with Crippen LogP contribution in [-0.4, -0.2) is 17.6 Å². The summed E-state index contributed by atoms with van der Waals surface area (Å²) in [6, 6.07) is 22.8. The number of aromatic nitrogens is 1. The van der Waals surface area contributed by atoms with Crippen LogP contribution >= 0.6 is 22.7 Å². The van der Waals surface area contributed by atoms with Crippen LogP contribution in [0, 0.1) is 0 Å². The third-order valence-corrected chi connectivity index (χ3v) is 8.83. The highest BCUT2D eigenvalue weighted by molar-refractivity contribution is 7.22. The van der Waals surface area contributed by atoms with Gasteiger partial charge in [0.25, 0.3) is 0 Å². The van der Waals surface area contributed by atoms with Crippen LogP contribution in [0.5, 0.6) is 0 Å². The van der Waals surface area contributed by atoms with Gasteiger partial charge in [0.2, 0.25) is 0 Å². The number of allylic oxidation sites excluding steroid dienone is 2. The molecule has 5 aromatic rings. The predicted molar refractivity (Wildman–Crippen MR) is 136 cm³/mol. The van der Waals surface area contributed by atoms with Gasteiger partial charge >= 0.3 is 13.1 Å². The average molecular weight is 524 g/mol. The topological polar surface area (TPSA) is 7.94 Å². The molecule has 36 heavy (non-hydrogen) atoms. The second-order valence-electron chi connectivity index (χ2n) is 8.71. The minimum Gasteiger partial charge on any atom is -0.389 e. The molecule has 2 nitrogen and oxygen atoms in total. The van der Waals surface area contributed by atoms with E-state index in [1.807, 2.05) is 60.7 Å². The average Bonchev–Trinajstić information content (AvgIpc) is 3.57. The Hall–Kier alpha value is -3.50. The molecule has 0 bridgehead atoms. The van der Waals surface area contributed by atoms with Crippen molar-refractivity contribution in [1.29, 1.82) is 0 Å². The van der Waals surface area contributed by atoms with Gasteiger partial charge in [0.15, 0.2) is 11.1 Å². The largest absolute Gasteiger partial charge is 0.737 e. The van der Waals surface area contributed by atoms with E-state index >= 15 is 8.63 Å². The summed E-state index contributed by atoms with van der Waals surface area (Å²) in [5.41, 5.74) is -0.261. The fourth-order valence-electron chi connectivity index (χ4n) is 5.10. The fourth-order valence-corrected chi connectivity index (χ4v) is 7.29. The van der Waals surface area contributed by atoms with E-state index in [0.29, 0.717) is 18.2 Å². The van der Waals surface area contributed by atoms with Gasteiger partial charge in [-0.3, -0.25) is 0 Å². The van der Waals surface area contributed by atoms with Gasteiger partial charge in [-0.1, -0.05) is 60.7 Å². The number of rotatable bonds is 2. The van der Waals surface area contributed by atoms with E-state index in [9.17, 15) is 13.2 Å². The Balaban J connectivity index is 1.53. The molecular formula is C26H14BF5N2S2. The van der Waals surface area contributed by atoms with Crippen molar-refractivity contribution in [3.8, 4) is 20.9 Å². The van der Waals surface area contributed by atoms with E-state index < -0.39 is 30.1 Å². The molecule has 2 aliphatic heterocycles. The molecule has 0 radical (unpaired) electrons. The predicted octanol–water partition coefficient (Wildman–Crippen LogP) is 6.59. The number of benzene rings is 2. The molecule has 178 valence electrons. The molecule has 10 heteroatoms. The first-order valence-corrected chi connectivity index (χ1v) is 12.7. The lowest BCUT2D eigenvalue weighted by molar-refractivity contribution is -0.0699. The highest BCUT2D eigenvalue weighted by Crippen LogP contribution is 2.47. The standard InChI is InChI=1S/C26H14BF5N2S2/c28-26(29,30)25-19-13-23-17(11-21(35-23)15-7-3-1-4-8-15)33(19)27(31,32)34-18-12-22(16-9-5-2-6-10-16)36-24(18)14-20(25)34/h1-14H. The number of thiophene rings is 2. The zero-order chi connectivity index (χ0) is 24.8. The normalized spacial score (nSPS) is 16.2. The first-order chi connectivity index (χ1) is 17.2. The van der Waals surface area contributed by atoms with E-state index in [1.54, 1.807) is 12.1 Å². The number of halogens is 5. The van der Waals surface area contributed by atoms with Crippen molar-refractivity contribution < 1.29 is 21.8 Å². The Morgan fingerprint density at radius 1 is 0.778 bits per heavy atom. The van der Waals surface area contributed by atoms with Crippen LogP contribution < -0.4 is 14.4 Å². The van der Waals surface area contributed by atoms with E-state index in [1.165, 1.54) is 34.8 Å². The molecule has 3 aromatic heterocycles. The van der Waals surface area contributed by atoms with Crippen LogP contribution in [0.15, 0.2) is 84.6 Å². The lowest BCUT2D eigenvalue weighted by Gasteiger charge is -2.32. The molecular weight excluding hydrogens is 510 g/mol. The maximum atomic E-state index is 16.3. The maximum absolute atomic E-state index is 16.3. The van der Waals surface area contributed by atoms with Crippen LogP contribution in [0.4, 0.5) is 21.8 Å². The van der Waals surface area contributed by atoms with Crippen molar-refractivity contribution >= 4 is 51.5 Å². The van der Waals surface area contributed by atoms with E-state index in [2.05, 4.69) is 0 Å². The molecule has 0 unspecified atom stereocenters. The first-order valence-electron chi connectivity index (χ1n) is 11.1. The summed E-state index contributed by atoms with van der Waals surface area (Å²) in [5, 5.41) is 0.103. The van der Waals surface area contributed by atoms with Gasteiger partial charge in [-0.15, -0.1) is 22.7 Å². The van der Waals surface area contributed by atoms with Gasteiger partial charge in [-0.2, -0.15) is 13.2 Å². The highest BCUT2D eigenvalue weighted by Gasteiger charge is 2.58. The summed E-state index contributed by atoms with van der Waals surface area (Å²) in [6.45, 7) is -4.59. The summed E-state index contributed by atoms with van der Waals surface area (Å²) in [6.07, 6.45) is -3.56. The zero-order valence-electron chi connectivity index (χ0n) is 18.3. The van der Waals surface area contributed by atoms with Gasteiger partial charge in [-0.05, 0) is 23.3 Å². The van der Waals surface area contributed by atoms with E-state index in [0.717, 1.165) is 20.9 Å². The summed E-state index contributed by atoms with van der Waals surface area (Å²) in [4.78, 5) is 1.45. The third kappa shape index (κ3) is 2.97. The van der Waals surface area contributed by atoms with Crippen LogP contribution in [0.1, 0.15) is 5.69 Å². The van der Waals surface area contributed by atoms with Crippen molar-refractivity contribution in [3.63, 3.8) is 0 Å². The van der Waals surface area contributed by atoms with Gasteiger partial charge in [0, 0.05) is 33.1 Å². The molecule has 2 aromatic carbocycles. The molecule has 0 N–H and O–H groups in total. The smallest absolute Gasteiger partial charge is 0.389 e. The minimum atomic E-state index is -4.81. The van der Waals surface area contributed by atoms with Gasteiger partial charge in [0.1, 0.15) is 10.1 Å². The zero-order valence-corrected chi connectivity index (χ0v) is 19.9. The summed E-state index contributed by atoms with van der Waals surface area (Å²) < 4.78 is 77.9. The number of alkyl halides is 3. The molecule has 5 heterocycles. The van der Waals surface area contributed by atoms with Crippen LogP contribution in [0.2, 0.25) is 0 Å². The lowest BCUT2D eigenvalue weighted by atomic mass is 9.88. The Bertz CT molecular complexity index is 1850. The maximum Gasteiger partial charge on any atom is 0.737 e. The Morgan fingerprint density at radius 3 is 2.00 bits per heavy atom. The molecule has 0 aliphatic carbocycles. The molecule has 0 fully saturated rings. The van der Waals surface area contributed by atoms with Gasteiger partial charge < -0.3 is 17.6 Å². The molecule has 7 rings (SSSR count). The summed E-state index contributed by atoms with van der Waals surface area (Å²) in [7, 11) is 0. The molecule has 0 saturated heterocycles.